The van der Waals surface area contributed by atoms with Crippen molar-refractivity contribution in [1.29, 1.82) is 0 Å². The fraction of sp³-hybridized carbons (Fsp3) is 0.333. The first kappa shape index (κ1) is 21.7. The molecule has 5 N–H and O–H groups in total. The number of benzene rings is 1. The first-order valence-electron chi connectivity index (χ1n) is 9.04. The van der Waals surface area contributed by atoms with E-state index < -0.39 is 18.0 Å². The number of aryl methyl sites for hydroxylation is 2. The molecule has 2 amide bonds. The number of hydrogen-bond acceptors (Lipinski definition) is 5. The van der Waals surface area contributed by atoms with E-state index in [9.17, 15) is 14.7 Å². The average molecular weight is 402 g/mol. The van der Waals surface area contributed by atoms with E-state index in [1.165, 1.54) is 4.90 Å². The predicted molar refractivity (Wildman–Crippen MR) is 113 cm³/mol. The summed E-state index contributed by atoms with van der Waals surface area (Å²) in [5.41, 5.74) is 15.3. The highest BCUT2D eigenvalue weighted by atomic mass is 32.1. The minimum Gasteiger partial charge on any atom is -0.508 e. The summed E-state index contributed by atoms with van der Waals surface area (Å²) in [6, 6.07) is 3.67. The fourth-order valence-corrected chi connectivity index (χ4v) is 3.71. The van der Waals surface area contributed by atoms with Crippen molar-refractivity contribution in [2.24, 2.45) is 11.5 Å². The second-order valence-electron chi connectivity index (χ2n) is 6.90. The maximum Gasteiger partial charge on any atom is 0.240 e. The van der Waals surface area contributed by atoms with E-state index in [0.717, 1.165) is 22.3 Å². The largest absolute Gasteiger partial charge is 0.508 e. The van der Waals surface area contributed by atoms with Gasteiger partial charge in [-0.3, -0.25) is 9.59 Å². The Morgan fingerprint density at radius 2 is 1.93 bits per heavy atom. The molecule has 1 aromatic carbocycles. The summed E-state index contributed by atoms with van der Waals surface area (Å²) >= 11 is 1.58. The lowest BCUT2D eigenvalue weighted by Gasteiger charge is -2.29. The summed E-state index contributed by atoms with van der Waals surface area (Å²) in [5.74, 6) is -0.740. The number of carbonyl (C=O) groups is 2. The van der Waals surface area contributed by atoms with Gasteiger partial charge in [0.1, 0.15) is 11.8 Å². The van der Waals surface area contributed by atoms with Gasteiger partial charge in [0.2, 0.25) is 11.8 Å². The van der Waals surface area contributed by atoms with Gasteiger partial charge in [-0.05, 0) is 78.4 Å². The molecule has 0 aliphatic carbocycles. The minimum absolute atomic E-state index is 0.182. The number of phenolic OH excluding ortho intramolecular Hbond substituents is 1. The molecule has 7 heteroatoms. The van der Waals surface area contributed by atoms with Crippen LogP contribution in [-0.4, -0.2) is 40.4 Å². The van der Waals surface area contributed by atoms with E-state index in [0.29, 0.717) is 6.42 Å². The monoisotopic (exact) mass is 401 g/mol. The summed E-state index contributed by atoms with van der Waals surface area (Å²) in [6.45, 7) is 5.57. The van der Waals surface area contributed by atoms with E-state index in [-0.39, 0.29) is 18.2 Å². The van der Waals surface area contributed by atoms with Crippen LogP contribution < -0.4 is 11.5 Å². The average Bonchev–Trinajstić information content (AvgIpc) is 3.13. The number of primary amides is 1. The zero-order chi connectivity index (χ0) is 20.8. The minimum atomic E-state index is -0.821. The van der Waals surface area contributed by atoms with Gasteiger partial charge in [0, 0.05) is 6.54 Å². The van der Waals surface area contributed by atoms with Crippen molar-refractivity contribution in [3.63, 3.8) is 0 Å². The Balaban J connectivity index is 2.17. The van der Waals surface area contributed by atoms with E-state index in [4.69, 9.17) is 11.5 Å². The van der Waals surface area contributed by atoms with Crippen molar-refractivity contribution in [3.8, 4) is 5.75 Å². The van der Waals surface area contributed by atoms with Gasteiger partial charge in [0.05, 0.1) is 6.04 Å². The Bertz CT molecular complexity index is 839. The zero-order valence-electron chi connectivity index (χ0n) is 16.4. The number of hydrogen-bond donors (Lipinski definition) is 3. The lowest BCUT2D eigenvalue weighted by atomic mass is 9.95. The van der Waals surface area contributed by atoms with Crippen LogP contribution >= 0.6 is 11.3 Å². The third kappa shape index (κ3) is 5.43. The van der Waals surface area contributed by atoms with Gasteiger partial charge in [-0.1, -0.05) is 12.2 Å². The molecule has 2 atom stereocenters. The normalized spacial score (nSPS) is 13.4. The molecule has 0 aliphatic heterocycles. The van der Waals surface area contributed by atoms with Gasteiger partial charge in [-0.25, -0.2) is 0 Å². The van der Waals surface area contributed by atoms with Crippen LogP contribution in [0.1, 0.15) is 29.2 Å². The van der Waals surface area contributed by atoms with Crippen molar-refractivity contribution < 1.29 is 14.7 Å². The van der Waals surface area contributed by atoms with Crippen LogP contribution in [0.3, 0.4) is 0 Å². The summed E-state index contributed by atoms with van der Waals surface area (Å²) in [4.78, 5) is 26.1. The zero-order valence-corrected chi connectivity index (χ0v) is 17.2. The van der Waals surface area contributed by atoms with Crippen LogP contribution in [0.2, 0.25) is 0 Å². The van der Waals surface area contributed by atoms with E-state index in [1.807, 2.05) is 42.8 Å². The van der Waals surface area contributed by atoms with Crippen molar-refractivity contribution >= 4 is 29.2 Å². The Hall–Kier alpha value is -2.64. The van der Waals surface area contributed by atoms with Crippen molar-refractivity contribution in [3.05, 3.63) is 57.3 Å². The second kappa shape index (κ2) is 9.52. The summed E-state index contributed by atoms with van der Waals surface area (Å²) in [7, 11) is 0. The summed E-state index contributed by atoms with van der Waals surface area (Å²) in [5, 5.41) is 13.6. The van der Waals surface area contributed by atoms with Crippen LogP contribution in [-0.2, 0) is 16.0 Å². The van der Waals surface area contributed by atoms with Crippen LogP contribution in [0.4, 0.5) is 0 Å². The highest BCUT2D eigenvalue weighted by molar-refractivity contribution is 7.08. The number of thiophene rings is 1. The standard InChI is InChI=1S/C21H27N3O3S/c1-13-9-17(25)10-14(2)18(13)11-19(22)21(27)24(15(3)20(23)26)7-4-5-16-6-8-28-12-16/h4-6,8-10,12,15,19,25H,7,11,22H2,1-3H3,(H2,23,26)/b5-4+/t15-,19+/m1/s1. The first-order chi connectivity index (χ1) is 13.2. The molecular weight excluding hydrogens is 374 g/mol. The van der Waals surface area contributed by atoms with E-state index >= 15 is 0 Å². The third-order valence-electron chi connectivity index (χ3n) is 4.74. The molecular formula is C21H27N3O3S. The maximum atomic E-state index is 13.0. The summed E-state index contributed by atoms with van der Waals surface area (Å²) in [6.07, 6.45) is 4.03. The van der Waals surface area contributed by atoms with Gasteiger partial charge in [-0.2, -0.15) is 11.3 Å². The topological polar surface area (TPSA) is 110 Å². The Kier molecular flexibility index (Phi) is 7.37. The van der Waals surface area contributed by atoms with Gasteiger partial charge < -0.3 is 21.5 Å². The molecule has 0 saturated carbocycles. The molecule has 6 nitrogen and oxygen atoms in total. The summed E-state index contributed by atoms with van der Waals surface area (Å²) < 4.78 is 0. The van der Waals surface area contributed by atoms with Crippen LogP contribution in [0, 0.1) is 13.8 Å². The van der Waals surface area contributed by atoms with Crippen molar-refractivity contribution in [2.45, 2.75) is 39.3 Å². The number of nitrogens with two attached hydrogens (primary N) is 2. The fourth-order valence-electron chi connectivity index (χ4n) is 3.08. The van der Waals surface area contributed by atoms with Crippen molar-refractivity contribution in [2.75, 3.05) is 6.54 Å². The number of carbonyl (C=O) groups excluding carboxylic acids is 2. The number of aromatic hydroxyl groups is 1. The third-order valence-corrected chi connectivity index (χ3v) is 5.44. The molecule has 150 valence electrons. The van der Waals surface area contributed by atoms with Crippen molar-refractivity contribution in [1.82, 2.24) is 4.90 Å². The number of phenols is 1. The van der Waals surface area contributed by atoms with Crippen LogP contribution in [0.5, 0.6) is 5.75 Å². The highest BCUT2D eigenvalue weighted by Crippen LogP contribution is 2.22. The second-order valence-corrected chi connectivity index (χ2v) is 7.68. The van der Waals surface area contributed by atoms with E-state index in [2.05, 4.69) is 0 Å². The van der Waals surface area contributed by atoms with Gasteiger partial charge in [-0.15, -0.1) is 0 Å². The maximum absolute atomic E-state index is 13.0. The van der Waals surface area contributed by atoms with Gasteiger partial charge in [0.15, 0.2) is 0 Å². The number of nitrogens with zero attached hydrogens (tertiary/aromatic N) is 1. The molecule has 1 heterocycles. The molecule has 0 spiro atoms. The molecule has 2 aromatic rings. The highest BCUT2D eigenvalue weighted by Gasteiger charge is 2.28. The Labute approximate surface area is 169 Å². The molecule has 0 radical (unpaired) electrons. The molecule has 0 unspecified atom stereocenters. The molecule has 0 saturated heterocycles. The lowest BCUT2D eigenvalue weighted by Crippen LogP contribution is -2.52. The smallest absolute Gasteiger partial charge is 0.240 e. The molecule has 0 bridgehead atoms. The Morgan fingerprint density at radius 1 is 1.29 bits per heavy atom. The first-order valence-corrected chi connectivity index (χ1v) is 9.98. The Morgan fingerprint density at radius 3 is 2.46 bits per heavy atom. The number of rotatable bonds is 8. The molecule has 0 aliphatic rings. The van der Waals surface area contributed by atoms with E-state index in [1.54, 1.807) is 30.4 Å². The number of amides is 2. The van der Waals surface area contributed by atoms with Gasteiger partial charge in [0.25, 0.3) is 0 Å². The van der Waals surface area contributed by atoms with Crippen LogP contribution in [0.25, 0.3) is 6.08 Å². The molecule has 0 fully saturated rings. The quantitative estimate of drug-likeness (QED) is 0.631. The SMILES string of the molecule is Cc1cc(O)cc(C)c1C[C@H](N)C(=O)N(C/C=C/c1ccsc1)[C@H](C)C(N)=O. The molecule has 2 rings (SSSR count). The molecule has 28 heavy (non-hydrogen) atoms. The van der Waals surface area contributed by atoms with Gasteiger partial charge >= 0.3 is 0 Å². The predicted octanol–water partition coefficient (Wildman–Crippen LogP) is 2.36. The molecule has 1 aromatic heterocycles. The lowest BCUT2D eigenvalue weighted by molar-refractivity contribution is -0.139. The van der Waals surface area contributed by atoms with Crippen LogP contribution in [0.15, 0.2) is 35.0 Å².